The van der Waals surface area contributed by atoms with Crippen LogP contribution in [0.25, 0.3) is 0 Å². The molecule has 0 amide bonds. The summed E-state index contributed by atoms with van der Waals surface area (Å²) >= 11 is 0. The molecule has 1 fully saturated rings. The fourth-order valence-corrected chi connectivity index (χ4v) is 2.73. The first-order valence-corrected chi connectivity index (χ1v) is 6.86. The molecule has 17 heavy (non-hydrogen) atoms. The number of methoxy groups -OCH3 is 1. The molecule has 3 atom stereocenters. The zero-order chi connectivity index (χ0) is 12.9. The number of ether oxygens (including phenoxy) is 2. The van der Waals surface area contributed by atoms with Crippen LogP contribution < -0.4 is 5.32 Å². The van der Waals surface area contributed by atoms with Crippen molar-refractivity contribution in [3.63, 3.8) is 0 Å². The number of rotatable bonds is 6. The smallest absolute Gasteiger partial charge is 0.0784 e. The van der Waals surface area contributed by atoms with Crippen molar-refractivity contribution in [2.45, 2.75) is 65.2 Å². The van der Waals surface area contributed by atoms with Gasteiger partial charge < -0.3 is 14.8 Å². The number of hydrogen-bond acceptors (Lipinski definition) is 3. The number of nitrogens with one attached hydrogen (secondary N) is 1. The minimum Gasteiger partial charge on any atom is -0.382 e. The molecule has 3 nitrogen and oxygen atoms in total. The van der Waals surface area contributed by atoms with Gasteiger partial charge in [0.25, 0.3) is 0 Å². The lowest BCUT2D eigenvalue weighted by Crippen LogP contribution is -2.48. The van der Waals surface area contributed by atoms with Crippen LogP contribution >= 0.6 is 0 Å². The van der Waals surface area contributed by atoms with Gasteiger partial charge in [0.2, 0.25) is 0 Å². The predicted molar refractivity (Wildman–Crippen MR) is 71.3 cm³/mol. The van der Waals surface area contributed by atoms with Crippen molar-refractivity contribution in [1.29, 1.82) is 0 Å². The van der Waals surface area contributed by atoms with E-state index in [4.69, 9.17) is 9.47 Å². The van der Waals surface area contributed by atoms with Gasteiger partial charge in [-0.2, -0.15) is 0 Å². The van der Waals surface area contributed by atoms with E-state index >= 15 is 0 Å². The predicted octanol–water partition coefficient (Wildman–Crippen LogP) is 2.59. The van der Waals surface area contributed by atoms with E-state index in [0.717, 1.165) is 13.0 Å². The average molecular weight is 243 g/mol. The third-order valence-corrected chi connectivity index (χ3v) is 3.61. The molecule has 1 rings (SSSR count). The normalized spacial score (nSPS) is 30.2. The van der Waals surface area contributed by atoms with Crippen LogP contribution in [0, 0.1) is 5.41 Å². The van der Waals surface area contributed by atoms with Gasteiger partial charge >= 0.3 is 0 Å². The summed E-state index contributed by atoms with van der Waals surface area (Å²) in [6.07, 6.45) is 4.14. The van der Waals surface area contributed by atoms with Gasteiger partial charge in [0, 0.05) is 13.2 Å². The Morgan fingerprint density at radius 1 is 1.41 bits per heavy atom. The lowest BCUT2D eigenvalue weighted by molar-refractivity contribution is -0.0840. The highest BCUT2D eigenvalue weighted by Crippen LogP contribution is 2.37. The minimum absolute atomic E-state index is 0.181. The number of hydrogen-bond donors (Lipinski definition) is 1. The molecule has 0 aliphatic heterocycles. The van der Waals surface area contributed by atoms with Crippen molar-refractivity contribution >= 4 is 0 Å². The highest BCUT2D eigenvalue weighted by Gasteiger charge is 2.35. The second kappa shape index (κ2) is 6.72. The Bertz CT molecular complexity index is 218. The van der Waals surface area contributed by atoms with Crippen LogP contribution in [0.5, 0.6) is 0 Å². The second-order valence-electron chi connectivity index (χ2n) is 6.01. The van der Waals surface area contributed by atoms with Crippen molar-refractivity contribution < 1.29 is 9.47 Å². The number of likely N-dealkylation sites (N-methyl/N-ethyl adjacent to an activating group) is 1. The summed E-state index contributed by atoms with van der Waals surface area (Å²) in [6.45, 7) is 10.6. The molecule has 1 aliphatic rings. The van der Waals surface area contributed by atoms with Gasteiger partial charge in [-0.15, -0.1) is 0 Å². The van der Waals surface area contributed by atoms with Crippen molar-refractivity contribution in [1.82, 2.24) is 5.32 Å². The van der Waals surface area contributed by atoms with E-state index in [0.29, 0.717) is 24.2 Å². The molecule has 102 valence electrons. The van der Waals surface area contributed by atoms with Crippen molar-refractivity contribution in [2.24, 2.45) is 5.41 Å². The van der Waals surface area contributed by atoms with Gasteiger partial charge in [0.1, 0.15) is 0 Å². The Hall–Kier alpha value is -0.120. The molecule has 0 aromatic rings. The van der Waals surface area contributed by atoms with Gasteiger partial charge in [-0.25, -0.2) is 0 Å². The molecular weight excluding hydrogens is 214 g/mol. The first kappa shape index (κ1) is 14.9. The molecule has 0 bridgehead atoms. The molecule has 1 aliphatic carbocycles. The van der Waals surface area contributed by atoms with Crippen molar-refractivity contribution in [3.8, 4) is 0 Å². The first-order valence-electron chi connectivity index (χ1n) is 6.86. The molecule has 0 radical (unpaired) electrons. The first-order chi connectivity index (χ1) is 7.98. The Kier molecular flexibility index (Phi) is 5.90. The van der Waals surface area contributed by atoms with E-state index in [1.54, 1.807) is 7.11 Å². The Balaban J connectivity index is 2.54. The van der Waals surface area contributed by atoms with Crippen LogP contribution in [0.4, 0.5) is 0 Å². The van der Waals surface area contributed by atoms with E-state index in [1.165, 1.54) is 12.8 Å². The van der Waals surface area contributed by atoms with Crippen LogP contribution in [0.2, 0.25) is 0 Å². The largest absolute Gasteiger partial charge is 0.382 e. The van der Waals surface area contributed by atoms with Crippen LogP contribution in [0.15, 0.2) is 0 Å². The molecule has 3 unspecified atom stereocenters. The van der Waals surface area contributed by atoms with E-state index in [-0.39, 0.29) is 6.10 Å². The summed E-state index contributed by atoms with van der Waals surface area (Å²) in [5.41, 5.74) is 0.406. The maximum Gasteiger partial charge on any atom is 0.0784 e. The average Bonchev–Trinajstić information content (AvgIpc) is 2.22. The van der Waals surface area contributed by atoms with E-state index in [9.17, 15) is 0 Å². The molecule has 3 heteroatoms. The molecule has 1 N–H and O–H groups in total. The topological polar surface area (TPSA) is 30.5 Å². The molecule has 1 saturated carbocycles. The Morgan fingerprint density at radius 3 is 2.71 bits per heavy atom. The molecule has 0 aromatic heterocycles. The maximum absolute atomic E-state index is 6.14. The quantitative estimate of drug-likeness (QED) is 0.778. The zero-order valence-corrected chi connectivity index (χ0v) is 12.1. The highest BCUT2D eigenvalue weighted by molar-refractivity contribution is 4.90. The molecule has 0 aromatic carbocycles. The summed E-state index contributed by atoms with van der Waals surface area (Å²) < 4.78 is 11.3. The van der Waals surface area contributed by atoms with Crippen molar-refractivity contribution in [3.05, 3.63) is 0 Å². The third kappa shape index (κ3) is 4.94. The fraction of sp³-hybridized carbons (Fsp3) is 1.00. The lowest BCUT2D eigenvalue weighted by atomic mass is 9.74. The van der Waals surface area contributed by atoms with Gasteiger partial charge in [-0.1, -0.05) is 20.8 Å². The van der Waals surface area contributed by atoms with Gasteiger partial charge in [0.05, 0.1) is 18.8 Å². The van der Waals surface area contributed by atoms with Crippen molar-refractivity contribution in [2.75, 3.05) is 20.3 Å². The van der Waals surface area contributed by atoms with Crippen LogP contribution in [-0.2, 0) is 9.47 Å². The summed E-state index contributed by atoms with van der Waals surface area (Å²) in [6, 6.07) is 0.507. The summed E-state index contributed by atoms with van der Waals surface area (Å²) in [4.78, 5) is 0. The summed E-state index contributed by atoms with van der Waals surface area (Å²) in [5, 5.41) is 3.55. The van der Waals surface area contributed by atoms with Crippen LogP contribution in [-0.4, -0.2) is 38.5 Å². The molecule has 0 saturated heterocycles. The SMILES string of the molecule is CCNC1CCC(C)(C)CC1OC(C)COC. The monoisotopic (exact) mass is 243 g/mol. The highest BCUT2D eigenvalue weighted by atomic mass is 16.5. The Morgan fingerprint density at radius 2 is 2.12 bits per heavy atom. The van der Waals surface area contributed by atoms with Gasteiger partial charge in [0.15, 0.2) is 0 Å². The van der Waals surface area contributed by atoms with Crippen LogP contribution in [0.1, 0.15) is 47.0 Å². The Labute approximate surface area is 106 Å². The molecule has 0 spiro atoms. The summed E-state index contributed by atoms with van der Waals surface area (Å²) in [5.74, 6) is 0. The van der Waals surface area contributed by atoms with E-state index < -0.39 is 0 Å². The summed E-state index contributed by atoms with van der Waals surface area (Å²) in [7, 11) is 1.73. The minimum atomic E-state index is 0.181. The van der Waals surface area contributed by atoms with Crippen LogP contribution in [0.3, 0.4) is 0 Å². The zero-order valence-electron chi connectivity index (χ0n) is 12.1. The molecular formula is C14H29NO2. The standard InChI is InChI=1S/C14H29NO2/c1-6-15-12-7-8-14(3,4)9-13(12)17-11(2)10-16-5/h11-13,15H,6-10H2,1-5H3. The van der Waals surface area contributed by atoms with E-state index in [2.05, 4.69) is 33.0 Å². The van der Waals surface area contributed by atoms with E-state index in [1.807, 2.05) is 0 Å². The fourth-order valence-electron chi connectivity index (χ4n) is 2.73. The molecule has 0 heterocycles. The third-order valence-electron chi connectivity index (χ3n) is 3.61. The maximum atomic E-state index is 6.14. The second-order valence-corrected chi connectivity index (χ2v) is 6.01. The lowest BCUT2D eigenvalue weighted by Gasteiger charge is -2.41. The van der Waals surface area contributed by atoms with Gasteiger partial charge in [-0.05, 0) is 38.1 Å². The van der Waals surface area contributed by atoms with Gasteiger partial charge in [-0.3, -0.25) is 0 Å².